The molecular weight excluding hydrogens is 250 g/mol. The van der Waals surface area contributed by atoms with Crippen LogP contribution in [0, 0.1) is 0 Å². The number of carbonyl (C=O) groups excluding carboxylic acids is 1. The Bertz CT molecular complexity index is 429. The van der Waals surface area contributed by atoms with Gasteiger partial charge in [-0.05, 0) is 30.7 Å². The van der Waals surface area contributed by atoms with E-state index in [0.717, 1.165) is 0 Å². The van der Waals surface area contributed by atoms with Gasteiger partial charge in [0.1, 0.15) is 17.5 Å². The summed E-state index contributed by atoms with van der Waals surface area (Å²) in [6.07, 6.45) is 0.323. The lowest BCUT2D eigenvalue weighted by Gasteiger charge is -2.12. The van der Waals surface area contributed by atoms with E-state index in [2.05, 4.69) is 5.32 Å². The van der Waals surface area contributed by atoms with Crippen LogP contribution in [0.25, 0.3) is 0 Å². The van der Waals surface area contributed by atoms with Crippen molar-refractivity contribution in [3.63, 3.8) is 0 Å². The first-order valence-electron chi connectivity index (χ1n) is 5.85. The van der Waals surface area contributed by atoms with Crippen molar-refractivity contribution < 1.29 is 24.2 Å². The number of nitrogens with one attached hydrogen (secondary N) is 1. The monoisotopic (exact) mass is 267 g/mol. The zero-order chi connectivity index (χ0) is 14.3. The molecule has 0 unspecified atom stereocenters. The number of ether oxygens (including phenoxy) is 2. The van der Waals surface area contributed by atoms with Crippen LogP contribution in [0.5, 0.6) is 11.5 Å². The largest absolute Gasteiger partial charge is 0.497 e. The van der Waals surface area contributed by atoms with E-state index in [-0.39, 0.29) is 6.61 Å². The van der Waals surface area contributed by atoms with Gasteiger partial charge < -0.3 is 19.9 Å². The maximum Gasteiger partial charge on any atom is 0.326 e. The van der Waals surface area contributed by atoms with Crippen LogP contribution < -0.4 is 14.8 Å². The number of rotatable bonds is 7. The molecule has 0 heterocycles. The third-order valence-electron chi connectivity index (χ3n) is 2.47. The van der Waals surface area contributed by atoms with E-state index in [1.165, 1.54) is 0 Å². The minimum Gasteiger partial charge on any atom is -0.497 e. The number of amides is 1. The van der Waals surface area contributed by atoms with Gasteiger partial charge in [0.15, 0.2) is 6.61 Å². The summed E-state index contributed by atoms with van der Waals surface area (Å²) in [6, 6.07) is 5.87. The van der Waals surface area contributed by atoms with Crippen LogP contribution in [0.15, 0.2) is 24.3 Å². The zero-order valence-electron chi connectivity index (χ0n) is 10.9. The zero-order valence-corrected chi connectivity index (χ0v) is 10.9. The molecule has 2 N–H and O–H groups in total. The second-order valence-corrected chi connectivity index (χ2v) is 3.83. The summed E-state index contributed by atoms with van der Waals surface area (Å²) in [5, 5.41) is 11.2. The summed E-state index contributed by atoms with van der Waals surface area (Å²) >= 11 is 0. The van der Waals surface area contributed by atoms with Gasteiger partial charge in [-0.2, -0.15) is 0 Å². The van der Waals surface area contributed by atoms with Gasteiger partial charge in [-0.15, -0.1) is 0 Å². The van der Waals surface area contributed by atoms with Gasteiger partial charge in [-0.25, -0.2) is 4.79 Å². The van der Waals surface area contributed by atoms with E-state index >= 15 is 0 Å². The molecule has 0 spiro atoms. The SMILES string of the molecule is CC[C@@H](NC(=O)COc1ccc(OC)cc1)C(=O)O. The minimum absolute atomic E-state index is 0.226. The Labute approximate surface area is 111 Å². The summed E-state index contributed by atoms with van der Waals surface area (Å²) in [5.41, 5.74) is 0. The second-order valence-electron chi connectivity index (χ2n) is 3.83. The highest BCUT2D eigenvalue weighted by atomic mass is 16.5. The standard InChI is InChI=1S/C13H17NO5/c1-3-11(13(16)17)14-12(15)8-19-10-6-4-9(18-2)5-7-10/h4-7,11H,3,8H2,1-2H3,(H,14,15)(H,16,17)/t11-/m1/s1. The van der Waals surface area contributed by atoms with E-state index in [4.69, 9.17) is 14.6 Å². The van der Waals surface area contributed by atoms with Crippen LogP contribution in [-0.4, -0.2) is 36.7 Å². The molecule has 0 aliphatic rings. The van der Waals surface area contributed by atoms with Crippen molar-refractivity contribution in [2.45, 2.75) is 19.4 Å². The van der Waals surface area contributed by atoms with E-state index < -0.39 is 17.9 Å². The van der Waals surface area contributed by atoms with Gasteiger partial charge in [0.05, 0.1) is 7.11 Å². The molecule has 1 atom stereocenters. The number of hydrogen-bond acceptors (Lipinski definition) is 4. The summed E-state index contributed by atoms with van der Waals surface area (Å²) in [7, 11) is 1.56. The molecule has 0 aliphatic carbocycles. The fraction of sp³-hybridized carbons (Fsp3) is 0.385. The van der Waals surface area contributed by atoms with Crippen molar-refractivity contribution in [2.24, 2.45) is 0 Å². The summed E-state index contributed by atoms with van der Waals surface area (Å²) < 4.78 is 10.2. The molecule has 0 saturated heterocycles. The van der Waals surface area contributed by atoms with Crippen LogP contribution in [0.1, 0.15) is 13.3 Å². The fourth-order valence-electron chi connectivity index (χ4n) is 1.40. The summed E-state index contributed by atoms with van der Waals surface area (Å²) in [5.74, 6) is -0.321. The molecule has 0 saturated carbocycles. The van der Waals surface area contributed by atoms with Crippen molar-refractivity contribution in [3.8, 4) is 11.5 Å². The van der Waals surface area contributed by atoms with E-state index in [1.807, 2.05) is 0 Å². The highest BCUT2D eigenvalue weighted by molar-refractivity contribution is 5.84. The molecule has 19 heavy (non-hydrogen) atoms. The second kappa shape index (κ2) is 7.25. The first-order chi connectivity index (χ1) is 9.06. The fourth-order valence-corrected chi connectivity index (χ4v) is 1.40. The molecule has 0 aromatic heterocycles. The van der Waals surface area contributed by atoms with Crippen molar-refractivity contribution in [1.82, 2.24) is 5.32 Å². The molecule has 0 fully saturated rings. The molecule has 0 radical (unpaired) electrons. The number of carboxylic acid groups (broad SMARTS) is 1. The first kappa shape index (κ1) is 14.8. The quantitative estimate of drug-likeness (QED) is 0.771. The van der Waals surface area contributed by atoms with Gasteiger partial charge in [-0.1, -0.05) is 6.92 Å². The van der Waals surface area contributed by atoms with E-state index in [9.17, 15) is 9.59 Å². The lowest BCUT2D eigenvalue weighted by Crippen LogP contribution is -2.42. The van der Waals surface area contributed by atoms with Crippen LogP contribution in [0.3, 0.4) is 0 Å². The predicted octanol–water partition coefficient (Wildman–Crippen LogP) is 1.05. The molecule has 1 aromatic carbocycles. The number of carboxylic acids is 1. The normalized spacial score (nSPS) is 11.5. The molecular formula is C13H17NO5. The van der Waals surface area contributed by atoms with Gasteiger partial charge in [0.2, 0.25) is 0 Å². The molecule has 1 rings (SSSR count). The van der Waals surface area contributed by atoms with Crippen molar-refractivity contribution in [2.75, 3.05) is 13.7 Å². The molecule has 1 aromatic rings. The predicted molar refractivity (Wildman–Crippen MR) is 68.3 cm³/mol. The van der Waals surface area contributed by atoms with E-state index in [0.29, 0.717) is 17.9 Å². The van der Waals surface area contributed by atoms with Crippen LogP contribution in [0.2, 0.25) is 0 Å². The number of benzene rings is 1. The maximum absolute atomic E-state index is 11.5. The first-order valence-corrected chi connectivity index (χ1v) is 5.85. The molecule has 6 nitrogen and oxygen atoms in total. The summed E-state index contributed by atoms with van der Waals surface area (Å²) in [6.45, 7) is 1.46. The Morgan fingerprint density at radius 1 is 1.26 bits per heavy atom. The van der Waals surface area contributed by atoms with Gasteiger partial charge >= 0.3 is 5.97 Å². The lowest BCUT2D eigenvalue weighted by molar-refractivity contribution is -0.142. The Morgan fingerprint density at radius 3 is 2.32 bits per heavy atom. The lowest BCUT2D eigenvalue weighted by atomic mass is 10.2. The Kier molecular flexibility index (Phi) is 5.66. The van der Waals surface area contributed by atoms with Crippen LogP contribution in [0.4, 0.5) is 0 Å². The maximum atomic E-state index is 11.5. The van der Waals surface area contributed by atoms with Crippen LogP contribution >= 0.6 is 0 Å². The Morgan fingerprint density at radius 2 is 1.84 bits per heavy atom. The van der Waals surface area contributed by atoms with Gasteiger partial charge in [-0.3, -0.25) is 4.79 Å². The highest BCUT2D eigenvalue weighted by Gasteiger charge is 2.17. The molecule has 104 valence electrons. The number of methoxy groups -OCH3 is 1. The topological polar surface area (TPSA) is 84.9 Å². The number of carbonyl (C=O) groups is 2. The molecule has 0 bridgehead atoms. The Balaban J connectivity index is 2.42. The molecule has 1 amide bonds. The average molecular weight is 267 g/mol. The van der Waals surface area contributed by atoms with Gasteiger partial charge in [0.25, 0.3) is 5.91 Å². The summed E-state index contributed by atoms with van der Waals surface area (Å²) in [4.78, 5) is 22.2. The number of aliphatic carboxylic acids is 1. The number of hydrogen-bond donors (Lipinski definition) is 2. The van der Waals surface area contributed by atoms with Crippen molar-refractivity contribution >= 4 is 11.9 Å². The third-order valence-corrected chi connectivity index (χ3v) is 2.47. The van der Waals surface area contributed by atoms with Crippen LogP contribution in [-0.2, 0) is 9.59 Å². The molecule has 6 heteroatoms. The molecule has 0 aliphatic heterocycles. The average Bonchev–Trinajstić information content (AvgIpc) is 2.42. The smallest absolute Gasteiger partial charge is 0.326 e. The van der Waals surface area contributed by atoms with Gasteiger partial charge in [0, 0.05) is 0 Å². The van der Waals surface area contributed by atoms with Crippen molar-refractivity contribution in [1.29, 1.82) is 0 Å². The Hall–Kier alpha value is -2.24. The van der Waals surface area contributed by atoms with E-state index in [1.54, 1.807) is 38.3 Å². The third kappa shape index (κ3) is 4.87. The minimum atomic E-state index is -1.06. The van der Waals surface area contributed by atoms with Crippen molar-refractivity contribution in [3.05, 3.63) is 24.3 Å². The highest BCUT2D eigenvalue weighted by Crippen LogP contribution is 2.16.